The highest BCUT2D eigenvalue weighted by molar-refractivity contribution is 9.10. The molecule has 0 spiro atoms. The lowest BCUT2D eigenvalue weighted by Gasteiger charge is -2.16. The van der Waals surface area contributed by atoms with Crippen LogP contribution < -0.4 is 5.73 Å². The van der Waals surface area contributed by atoms with Crippen molar-refractivity contribution in [2.24, 2.45) is 5.73 Å². The second-order valence-corrected chi connectivity index (χ2v) is 5.43. The average molecular weight is 254 g/mol. The summed E-state index contributed by atoms with van der Waals surface area (Å²) in [5.74, 6) is 0.579. The highest BCUT2D eigenvalue weighted by atomic mass is 79.9. The summed E-state index contributed by atoms with van der Waals surface area (Å²) >= 11 is 3.44. The van der Waals surface area contributed by atoms with Gasteiger partial charge in [0.1, 0.15) is 0 Å². The average Bonchev–Trinajstić information content (AvgIpc) is 2.84. The summed E-state index contributed by atoms with van der Waals surface area (Å²) in [5.41, 5.74) is 7.66. The minimum Gasteiger partial charge on any atom is -0.325 e. The van der Waals surface area contributed by atoms with Crippen LogP contribution in [0, 0.1) is 0 Å². The first-order chi connectivity index (χ1) is 6.59. The van der Waals surface area contributed by atoms with Gasteiger partial charge in [0.25, 0.3) is 0 Å². The summed E-state index contributed by atoms with van der Waals surface area (Å²) in [6, 6.07) is 8.56. The minimum absolute atomic E-state index is 0.159. The van der Waals surface area contributed by atoms with Crippen molar-refractivity contribution >= 4 is 15.9 Å². The molecule has 1 aliphatic rings. The zero-order valence-electron chi connectivity index (χ0n) is 8.46. The van der Waals surface area contributed by atoms with Crippen LogP contribution in [0.4, 0.5) is 0 Å². The summed E-state index contributed by atoms with van der Waals surface area (Å²) in [7, 11) is 0. The van der Waals surface area contributed by atoms with Crippen molar-refractivity contribution in [2.75, 3.05) is 0 Å². The molecule has 0 aliphatic heterocycles. The van der Waals surface area contributed by atoms with E-state index in [1.807, 2.05) is 0 Å². The van der Waals surface area contributed by atoms with Gasteiger partial charge < -0.3 is 5.73 Å². The van der Waals surface area contributed by atoms with E-state index >= 15 is 0 Å². The smallest absolute Gasteiger partial charge is 0.0175 e. The Morgan fingerprint density at radius 3 is 2.43 bits per heavy atom. The summed E-state index contributed by atoms with van der Waals surface area (Å²) in [4.78, 5) is 0. The molecule has 1 fully saturated rings. The van der Waals surface area contributed by atoms with Crippen LogP contribution in [0.1, 0.15) is 37.7 Å². The SMILES string of the molecule is CC(CC1(N)CC1)c1ccc(Br)cc1. The van der Waals surface area contributed by atoms with Crippen LogP contribution in [0.2, 0.25) is 0 Å². The van der Waals surface area contributed by atoms with Crippen LogP contribution in [-0.4, -0.2) is 5.54 Å². The van der Waals surface area contributed by atoms with Gasteiger partial charge in [0.15, 0.2) is 0 Å². The van der Waals surface area contributed by atoms with Gasteiger partial charge in [0.2, 0.25) is 0 Å². The van der Waals surface area contributed by atoms with Crippen LogP contribution in [-0.2, 0) is 0 Å². The fourth-order valence-corrected chi connectivity index (χ4v) is 2.15. The Morgan fingerprint density at radius 2 is 1.93 bits per heavy atom. The molecule has 1 aliphatic carbocycles. The molecular weight excluding hydrogens is 238 g/mol. The van der Waals surface area contributed by atoms with E-state index in [0.717, 1.165) is 10.9 Å². The number of rotatable bonds is 3. The summed E-state index contributed by atoms with van der Waals surface area (Å²) in [6.45, 7) is 2.26. The van der Waals surface area contributed by atoms with E-state index in [-0.39, 0.29) is 5.54 Å². The Morgan fingerprint density at radius 1 is 1.36 bits per heavy atom. The van der Waals surface area contributed by atoms with Gasteiger partial charge in [-0.1, -0.05) is 35.0 Å². The highest BCUT2D eigenvalue weighted by Gasteiger charge is 2.39. The van der Waals surface area contributed by atoms with Crippen LogP contribution in [0.25, 0.3) is 0 Å². The summed E-state index contributed by atoms with van der Waals surface area (Å²) in [5, 5.41) is 0. The molecule has 1 saturated carbocycles. The minimum atomic E-state index is 0.159. The van der Waals surface area contributed by atoms with Gasteiger partial charge in [-0.25, -0.2) is 0 Å². The first-order valence-electron chi connectivity index (χ1n) is 5.13. The normalized spacial score (nSPS) is 20.5. The van der Waals surface area contributed by atoms with E-state index in [1.165, 1.54) is 18.4 Å². The third kappa shape index (κ3) is 2.37. The third-order valence-corrected chi connectivity index (χ3v) is 3.57. The molecular formula is C12H16BrN. The molecule has 2 heteroatoms. The predicted molar refractivity (Wildman–Crippen MR) is 63.3 cm³/mol. The van der Waals surface area contributed by atoms with E-state index in [9.17, 15) is 0 Å². The Bertz CT molecular complexity index is 314. The van der Waals surface area contributed by atoms with Gasteiger partial charge in [-0.15, -0.1) is 0 Å². The first-order valence-corrected chi connectivity index (χ1v) is 5.93. The predicted octanol–water partition coefficient (Wildman–Crippen LogP) is 3.43. The molecule has 0 bridgehead atoms. The third-order valence-electron chi connectivity index (χ3n) is 3.04. The van der Waals surface area contributed by atoms with E-state index in [4.69, 9.17) is 5.73 Å². The number of hydrogen-bond donors (Lipinski definition) is 1. The molecule has 2 N–H and O–H groups in total. The molecule has 14 heavy (non-hydrogen) atoms. The molecule has 0 aromatic heterocycles. The largest absolute Gasteiger partial charge is 0.325 e. The van der Waals surface area contributed by atoms with E-state index in [0.29, 0.717) is 5.92 Å². The number of benzene rings is 1. The monoisotopic (exact) mass is 253 g/mol. The zero-order valence-corrected chi connectivity index (χ0v) is 10.0. The molecule has 1 nitrogen and oxygen atoms in total. The molecule has 0 radical (unpaired) electrons. The lowest BCUT2D eigenvalue weighted by atomic mass is 9.93. The topological polar surface area (TPSA) is 26.0 Å². The molecule has 1 aromatic carbocycles. The molecule has 76 valence electrons. The molecule has 2 rings (SSSR count). The lowest BCUT2D eigenvalue weighted by molar-refractivity contribution is 0.542. The Hall–Kier alpha value is -0.340. The maximum atomic E-state index is 6.11. The van der Waals surface area contributed by atoms with Gasteiger partial charge in [0.05, 0.1) is 0 Å². The van der Waals surface area contributed by atoms with Crippen molar-refractivity contribution in [3.05, 3.63) is 34.3 Å². The number of hydrogen-bond acceptors (Lipinski definition) is 1. The van der Waals surface area contributed by atoms with Gasteiger partial charge >= 0.3 is 0 Å². The van der Waals surface area contributed by atoms with Gasteiger partial charge in [-0.05, 0) is 42.9 Å². The van der Waals surface area contributed by atoms with E-state index in [2.05, 4.69) is 47.1 Å². The fourth-order valence-electron chi connectivity index (χ4n) is 1.88. The number of nitrogens with two attached hydrogens (primary N) is 1. The molecule has 0 saturated heterocycles. The fraction of sp³-hybridized carbons (Fsp3) is 0.500. The maximum absolute atomic E-state index is 6.11. The second kappa shape index (κ2) is 3.67. The molecule has 1 aromatic rings. The summed E-state index contributed by atoms with van der Waals surface area (Å²) in [6.07, 6.45) is 3.52. The zero-order chi connectivity index (χ0) is 10.2. The van der Waals surface area contributed by atoms with Gasteiger partial charge in [-0.3, -0.25) is 0 Å². The maximum Gasteiger partial charge on any atom is 0.0175 e. The van der Waals surface area contributed by atoms with Crippen molar-refractivity contribution in [1.29, 1.82) is 0 Å². The van der Waals surface area contributed by atoms with E-state index in [1.54, 1.807) is 0 Å². The second-order valence-electron chi connectivity index (χ2n) is 4.52. The molecule has 0 amide bonds. The molecule has 1 unspecified atom stereocenters. The Labute approximate surface area is 93.8 Å². The number of halogens is 1. The van der Waals surface area contributed by atoms with Crippen molar-refractivity contribution in [2.45, 2.75) is 37.6 Å². The standard InChI is InChI=1S/C12H16BrN/c1-9(8-12(14)6-7-12)10-2-4-11(13)5-3-10/h2-5,9H,6-8,14H2,1H3. The first kappa shape index (κ1) is 10.2. The van der Waals surface area contributed by atoms with Crippen molar-refractivity contribution in [1.82, 2.24) is 0 Å². The van der Waals surface area contributed by atoms with Crippen molar-refractivity contribution in [3.8, 4) is 0 Å². The quantitative estimate of drug-likeness (QED) is 0.878. The van der Waals surface area contributed by atoms with Crippen LogP contribution in [0.3, 0.4) is 0 Å². The van der Waals surface area contributed by atoms with Crippen LogP contribution >= 0.6 is 15.9 Å². The van der Waals surface area contributed by atoms with Gasteiger partial charge in [0, 0.05) is 10.0 Å². The molecule has 0 heterocycles. The van der Waals surface area contributed by atoms with Crippen LogP contribution in [0.5, 0.6) is 0 Å². The van der Waals surface area contributed by atoms with E-state index < -0.39 is 0 Å². The Balaban J connectivity index is 2.03. The van der Waals surface area contributed by atoms with Crippen molar-refractivity contribution in [3.63, 3.8) is 0 Å². The molecule has 1 atom stereocenters. The van der Waals surface area contributed by atoms with Crippen molar-refractivity contribution < 1.29 is 0 Å². The van der Waals surface area contributed by atoms with Crippen LogP contribution in [0.15, 0.2) is 28.7 Å². The highest BCUT2D eigenvalue weighted by Crippen LogP contribution is 2.40. The van der Waals surface area contributed by atoms with Gasteiger partial charge in [-0.2, -0.15) is 0 Å². The lowest BCUT2D eigenvalue weighted by Crippen LogP contribution is -2.23. The Kier molecular flexibility index (Phi) is 2.67. The summed E-state index contributed by atoms with van der Waals surface area (Å²) < 4.78 is 1.14.